The van der Waals surface area contributed by atoms with Gasteiger partial charge in [-0.3, -0.25) is 0 Å². The molecule has 0 fully saturated rings. The van der Waals surface area contributed by atoms with Crippen molar-refractivity contribution in [1.29, 1.82) is 0 Å². The van der Waals surface area contributed by atoms with Crippen molar-refractivity contribution < 1.29 is 4.74 Å². The average molecular weight is 258 g/mol. The Morgan fingerprint density at radius 2 is 2.28 bits per heavy atom. The first-order valence-corrected chi connectivity index (χ1v) is 6.41. The van der Waals surface area contributed by atoms with Crippen molar-refractivity contribution in [2.45, 2.75) is 6.92 Å². The minimum atomic E-state index is 0.520. The highest BCUT2D eigenvalue weighted by molar-refractivity contribution is 7.13. The summed E-state index contributed by atoms with van der Waals surface area (Å²) in [5.74, 6) is 0.520. The van der Waals surface area contributed by atoms with Crippen LogP contribution in [0.25, 0.3) is 21.7 Å². The summed E-state index contributed by atoms with van der Waals surface area (Å²) in [5, 5.41) is 2.00. The van der Waals surface area contributed by atoms with Crippen LogP contribution < -0.4 is 4.74 Å². The molecule has 3 rings (SSSR count). The Balaban J connectivity index is 2.24. The normalized spacial score (nSPS) is 10.7. The lowest BCUT2D eigenvalue weighted by molar-refractivity contribution is 0.328. The van der Waals surface area contributed by atoms with Gasteiger partial charge in [-0.1, -0.05) is 6.07 Å². The van der Waals surface area contributed by atoms with Crippen LogP contribution in [0, 0.1) is 0 Å². The maximum absolute atomic E-state index is 5.54. The summed E-state index contributed by atoms with van der Waals surface area (Å²) < 4.78 is 5.54. The van der Waals surface area contributed by atoms with Crippen LogP contribution in [0.2, 0.25) is 0 Å². The number of ether oxygens (including phenoxy) is 1. The molecule has 0 aliphatic rings. The van der Waals surface area contributed by atoms with E-state index < -0.39 is 0 Å². The largest absolute Gasteiger partial charge is 0.476 e. The molecule has 0 radical (unpaired) electrons. The number of aromatic nitrogens is 4. The Bertz CT molecular complexity index is 669. The molecule has 5 nitrogen and oxygen atoms in total. The first kappa shape index (κ1) is 11.0. The van der Waals surface area contributed by atoms with E-state index in [4.69, 9.17) is 4.74 Å². The highest BCUT2D eigenvalue weighted by Crippen LogP contribution is 2.31. The Morgan fingerprint density at radius 3 is 3.06 bits per heavy atom. The van der Waals surface area contributed by atoms with Crippen LogP contribution in [0.1, 0.15) is 6.92 Å². The molecule has 3 heterocycles. The van der Waals surface area contributed by atoms with Gasteiger partial charge in [0.25, 0.3) is 0 Å². The van der Waals surface area contributed by atoms with Crippen LogP contribution >= 0.6 is 11.3 Å². The number of fused-ring (bicyclic) bond motifs is 1. The molecule has 0 aromatic carbocycles. The number of rotatable bonds is 3. The molecule has 0 unspecified atom stereocenters. The summed E-state index contributed by atoms with van der Waals surface area (Å²) >= 11 is 1.60. The van der Waals surface area contributed by atoms with Gasteiger partial charge in [0, 0.05) is 0 Å². The van der Waals surface area contributed by atoms with E-state index in [-0.39, 0.29) is 0 Å². The van der Waals surface area contributed by atoms with E-state index >= 15 is 0 Å². The molecular formula is C12H10N4OS. The molecular weight excluding hydrogens is 248 g/mol. The molecule has 0 saturated carbocycles. The number of nitrogens with zero attached hydrogens (tertiary/aromatic N) is 4. The second kappa shape index (κ2) is 4.66. The zero-order valence-corrected chi connectivity index (χ0v) is 10.5. The molecule has 0 spiro atoms. The van der Waals surface area contributed by atoms with Gasteiger partial charge < -0.3 is 4.74 Å². The van der Waals surface area contributed by atoms with E-state index in [1.165, 1.54) is 6.33 Å². The zero-order valence-electron chi connectivity index (χ0n) is 9.70. The quantitative estimate of drug-likeness (QED) is 0.722. The van der Waals surface area contributed by atoms with E-state index in [1.807, 2.05) is 24.4 Å². The van der Waals surface area contributed by atoms with Gasteiger partial charge in [0.15, 0.2) is 5.65 Å². The van der Waals surface area contributed by atoms with E-state index in [2.05, 4.69) is 19.9 Å². The van der Waals surface area contributed by atoms with Gasteiger partial charge in [0.05, 0.1) is 17.7 Å². The lowest BCUT2D eigenvalue weighted by atomic mass is 10.3. The number of hydrogen-bond acceptors (Lipinski definition) is 6. The van der Waals surface area contributed by atoms with Crippen molar-refractivity contribution >= 4 is 22.5 Å². The highest BCUT2D eigenvalue weighted by Gasteiger charge is 2.13. The maximum Gasteiger partial charge on any atom is 0.243 e. The molecule has 0 saturated heterocycles. The van der Waals surface area contributed by atoms with Gasteiger partial charge in [-0.05, 0) is 18.4 Å². The van der Waals surface area contributed by atoms with Crippen LogP contribution in [0.5, 0.6) is 5.88 Å². The summed E-state index contributed by atoms with van der Waals surface area (Å²) in [5.41, 5.74) is 1.97. The fourth-order valence-electron chi connectivity index (χ4n) is 1.61. The Kier molecular flexibility index (Phi) is 2.85. The lowest BCUT2D eigenvalue weighted by Crippen LogP contribution is -2.00. The number of thiophene rings is 1. The Labute approximate surface area is 108 Å². The van der Waals surface area contributed by atoms with Crippen LogP contribution in [0.4, 0.5) is 0 Å². The van der Waals surface area contributed by atoms with Crippen molar-refractivity contribution in [3.63, 3.8) is 0 Å². The molecule has 0 N–H and O–H groups in total. The monoisotopic (exact) mass is 258 g/mol. The summed E-state index contributed by atoms with van der Waals surface area (Å²) in [4.78, 5) is 18.0. The first-order valence-electron chi connectivity index (χ1n) is 5.53. The van der Waals surface area contributed by atoms with Gasteiger partial charge in [0.1, 0.15) is 17.5 Å². The van der Waals surface area contributed by atoms with Crippen LogP contribution in [0.3, 0.4) is 0 Å². The van der Waals surface area contributed by atoms with E-state index in [0.717, 1.165) is 10.6 Å². The molecule has 0 bridgehead atoms. The standard InChI is InChI=1S/C12H10N4OS/c1-2-17-12-10(9-4-3-5-18-9)15-8-6-13-7-14-11(8)16-12/h3-7H,2H2,1H3. The maximum atomic E-state index is 5.54. The highest BCUT2D eigenvalue weighted by atomic mass is 32.1. The van der Waals surface area contributed by atoms with Crippen molar-refractivity contribution in [2.75, 3.05) is 6.61 Å². The minimum Gasteiger partial charge on any atom is -0.476 e. The van der Waals surface area contributed by atoms with Crippen LogP contribution in [-0.2, 0) is 0 Å². The third-order valence-electron chi connectivity index (χ3n) is 2.35. The molecule has 3 aromatic heterocycles. The molecule has 6 heteroatoms. The Hall–Kier alpha value is -2.08. The van der Waals surface area contributed by atoms with E-state index in [0.29, 0.717) is 23.7 Å². The summed E-state index contributed by atoms with van der Waals surface area (Å²) in [6, 6.07) is 3.97. The molecule has 0 aliphatic carbocycles. The van der Waals surface area contributed by atoms with Gasteiger partial charge in [-0.15, -0.1) is 11.3 Å². The average Bonchev–Trinajstić information content (AvgIpc) is 2.92. The lowest BCUT2D eigenvalue weighted by Gasteiger charge is -2.07. The van der Waals surface area contributed by atoms with Crippen molar-refractivity contribution in [3.8, 4) is 16.5 Å². The predicted octanol–water partition coefficient (Wildman–Crippen LogP) is 2.55. The Morgan fingerprint density at radius 1 is 1.33 bits per heavy atom. The second-order valence-electron chi connectivity index (χ2n) is 3.52. The van der Waals surface area contributed by atoms with Crippen molar-refractivity contribution in [1.82, 2.24) is 19.9 Å². The fraction of sp³-hybridized carbons (Fsp3) is 0.167. The topological polar surface area (TPSA) is 60.8 Å². The van der Waals surface area contributed by atoms with Gasteiger partial charge >= 0.3 is 0 Å². The first-order chi connectivity index (χ1) is 8.88. The molecule has 0 atom stereocenters. The smallest absolute Gasteiger partial charge is 0.243 e. The summed E-state index contributed by atoms with van der Waals surface area (Å²) in [6.45, 7) is 2.47. The summed E-state index contributed by atoms with van der Waals surface area (Å²) in [7, 11) is 0. The van der Waals surface area contributed by atoms with Crippen molar-refractivity contribution in [3.05, 3.63) is 30.0 Å². The van der Waals surface area contributed by atoms with Gasteiger partial charge in [-0.2, -0.15) is 4.98 Å². The van der Waals surface area contributed by atoms with E-state index in [1.54, 1.807) is 17.5 Å². The third-order valence-corrected chi connectivity index (χ3v) is 3.23. The molecule has 90 valence electrons. The SMILES string of the molecule is CCOc1nc2ncncc2nc1-c1cccs1. The van der Waals surface area contributed by atoms with Crippen molar-refractivity contribution in [2.24, 2.45) is 0 Å². The third kappa shape index (κ3) is 1.91. The minimum absolute atomic E-state index is 0.520. The molecule has 0 amide bonds. The predicted molar refractivity (Wildman–Crippen MR) is 69.6 cm³/mol. The van der Waals surface area contributed by atoms with Gasteiger partial charge in [0.2, 0.25) is 5.88 Å². The number of hydrogen-bond donors (Lipinski definition) is 0. The molecule has 0 aliphatic heterocycles. The fourth-order valence-corrected chi connectivity index (χ4v) is 2.31. The van der Waals surface area contributed by atoms with E-state index in [9.17, 15) is 0 Å². The van der Waals surface area contributed by atoms with Crippen LogP contribution in [0.15, 0.2) is 30.0 Å². The van der Waals surface area contributed by atoms with Crippen LogP contribution in [-0.4, -0.2) is 26.5 Å². The summed E-state index contributed by atoms with van der Waals surface area (Å²) in [6.07, 6.45) is 3.11. The second-order valence-corrected chi connectivity index (χ2v) is 4.47. The van der Waals surface area contributed by atoms with Gasteiger partial charge in [-0.25, -0.2) is 15.0 Å². The molecule has 18 heavy (non-hydrogen) atoms. The zero-order chi connectivity index (χ0) is 12.4. The molecule has 3 aromatic rings.